The van der Waals surface area contributed by atoms with Crippen LogP contribution in [0.5, 0.6) is 0 Å². The minimum absolute atomic E-state index is 0.291. The monoisotopic (exact) mass is 382 g/mol. The third kappa shape index (κ3) is 4.57. The number of rotatable bonds is 5. The van der Waals surface area contributed by atoms with E-state index in [0.29, 0.717) is 17.8 Å². The Morgan fingerprint density at radius 1 is 1.32 bits per heavy atom. The molecule has 5 nitrogen and oxygen atoms in total. The lowest BCUT2D eigenvalue weighted by molar-refractivity contribution is 0.234. The van der Waals surface area contributed by atoms with Gasteiger partial charge in [-0.15, -0.1) is 0 Å². The quantitative estimate of drug-likeness (QED) is 0.612. The van der Waals surface area contributed by atoms with Crippen molar-refractivity contribution in [3.8, 4) is 0 Å². The highest BCUT2D eigenvalue weighted by Crippen LogP contribution is 2.32. The van der Waals surface area contributed by atoms with E-state index in [0.717, 1.165) is 50.0 Å². The zero-order chi connectivity index (χ0) is 20.1. The number of nitrogens with zero attached hydrogens (tertiary/aromatic N) is 3. The Kier molecular flexibility index (Phi) is 6.76. The van der Waals surface area contributed by atoms with Crippen molar-refractivity contribution in [1.82, 2.24) is 15.4 Å². The van der Waals surface area contributed by atoms with Gasteiger partial charge >= 0.3 is 0 Å². The van der Waals surface area contributed by atoms with Crippen molar-refractivity contribution in [3.63, 3.8) is 0 Å². The van der Waals surface area contributed by atoms with Crippen LogP contribution in [-0.2, 0) is 0 Å². The first-order valence-corrected chi connectivity index (χ1v) is 10.5. The van der Waals surface area contributed by atoms with E-state index in [2.05, 4.69) is 66.5 Å². The number of guanidine groups is 1. The van der Waals surface area contributed by atoms with E-state index in [1.807, 2.05) is 13.8 Å². The second-order valence-electron chi connectivity index (χ2n) is 8.06. The van der Waals surface area contributed by atoms with Gasteiger partial charge in [0.1, 0.15) is 5.76 Å². The zero-order valence-electron chi connectivity index (χ0n) is 17.9. The predicted molar refractivity (Wildman–Crippen MR) is 115 cm³/mol. The topological polar surface area (TPSA) is 53.7 Å². The van der Waals surface area contributed by atoms with E-state index in [1.165, 1.54) is 11.1 Å². The highest BCUT2D eigenvalue weighted by Gasteiger charge is 2.28. The number of benzene rings is 1. The van der Waals surface area contributed by atoms with Gasteiger partial charge in [0, 0.05) is 37.7 Å². The Labute approximate surface area is 169 Å². The summed E-state index contributed by atoms with van der Waals surface area (Å²) in [5.41, 5.74) is 3.63. The SMILES string of the molecule is CCNC(=NCC(C)c1c(C)noc1C)N1CCC(c2ccccc2)C(C)C1. The van der Waals surface area contributed by atoms with Crippen LogP contribution in [0.2, 0.25) is 0 Å². The van der Waals surface area contributed by atoms with Gasteiger partial charge in [0.15, 0.2) is 5.96 Å². The largest absolute Gasteiger partial charge is 0.361 e. The number of hydrogen-bond acceptors (Lipinski definition) is 3. The Morgan fingerprint density at radius 3 is 2.68 bits per heavy atom. The van der Waals surface area contributed by atoms with Crippen LogP contribution in [0.1, 0.15) is 61.6 Å². The standard InChI is InChI=1S/C23H34N4O/c1-6-24-23(25-14-16(2)22-18(4)26-28-19(22)5)27-13-12-21(17(3)15-27)20-10-8-7-9-11-20/h7-11,16-17,21H,6,12-15H2,1-5H3,(H,24,25). The van der Waals surface area contributed by atoms with Crippen LogP contribution >= 0.6 is 0 Å². The molecule has 1 aliphatic rings. The first-order chi connectivity index (χ1) is 13.5. The van der Waals surface area contributed by atoms with E-state index < -0.39 is 0 Å². The van der Waals surface area contributed by atoms with Crippen molar-refractivity contribution < 1.29 is 4.52 Å². The average molecular weight is 383 g/mol. The highest BCUT2D eigenvalue weighted by molar-refractivity contribution is 5.80. The summed E-state index contributed by atoms with van der Waals surface area (Å²) >= 11 is 0. The van der Waals surface area contributed by atoms with E-state index >= 15 is 0 Å². The summed E-state index contributed by atoms with van der Waals surface area (Å²) in [5.74, 6) is 3.45. The number of piperidine rings is 1. The first-order valence-electron chi connectivity index (χ1n) is 10.5. The van der Waals surface area contributed by atoms with Crippen LogP contribution in [0.4, 0.5) is 0 Å². The molecule has 0 amide bonds. The van der Waals surface area contributed by atoms with Gasteiger partial charge in [-0.2, -0.15) is 0 Å². The first kappa shape index (κ1) is 20.4. The molecule has 2 aromatic rings. The molecular formula is C23H34N4O. The van der Waals surface area contributed by atoms with E-state index in [-0.39, 0.29) is 0 Å². The fraction of sp³-hybridized carbons (Fsp3) is 0.565. The lowest BCUT2D eigenvalue weighted by Crippen LogP contribution is -2.48. The van der Waals surface area contributed by atoms with Crippen LogP contribution in [0.25, 0.3) is 0 Å². The number of aliphatic imine (C=N–C) groups is 1. The van der Waals surface area contributed by atoms with Gasteiger partial charge in [-0.05, 0) is 44.6 Å². The summed E-state index contributed by atoms with van der Waals surface area (Å²) in [6, 6.07) is 10.9. The van der Waals surface area contributed by atoms with Crippen LogP contribution in [0, 0.1) is 19.8 Å². The van der Waals surface area contributed by atoms with Crippen molar-refractivity contribution in [2.45, 2.75) is 52.9 Å². The molecule has 0 aliphatic carbocycles. The number of nitrogens with one attached hydrogen (secondary N) is 1. The van der Waals surface area contributed by atoms with Crippen LogP contribution in [0.15, 0.2) is 39.8 Å². The third-order valence-corrected chi connectivity index (χ3v) is 5.86. The average Bonchev–Trinajstić information content (AvgIpc) is 3.03. The van der Waals surface area contributed by atoms with Crippen molar-refractivity contribution in [2.75, 3.05) is 26.2 Å². The molecule has 1 fully saturated rings. The summed E-state index contributed by atoms with van der Waals surface area (Å²) in [6.45, 7) is 14.4. The Morgan fingerprint density at radius 2 is 2.07 bits per heavy atom. The molecule has 0 radical (unpaired) electrons. The fourth-order valence-corrected chi connectivity index (χ4v) is 4.47. The molecule has 3 atom stereocenters. The molecule has 0 spiro atoms. The predicted octanol–water partition coefficient (Wildman–Crippen LogP) is 4.49. The molecule has 28 heavy (non-hydrogen) atoms. The molecule has 2 heterocycles. The highest BCUT2D eigenvalue weighted by atomic mass is 16.5. The summed E-state index contributed by atoms with van der Waals surface area (Å²) in [7, 11) is 0. The van der Waals surface area contributed by atoms with E-state index in [1.54, 1.807) is 0 Å². The molecule has 1 aromatic heterocycles. The molecule has 5 heteroatoms. The van der Waals surface area contributed by atoms with E-state index in [4.69, 9.17) is 9.52 Å². The smallest absolute Gasteiger partial charge is 0.193 e. The van der Waals surface area contributed by atoms with Gasteiger partial charge < -0.3 is 14.7 Å². The van der Waals surface area contributed by atoms with Gasteiger partial charge in [0.2, 0.25) is 0 Å². The normalized spacial score (nSPS) is 21.6. The van der Waals surface area contributed by atoms with Crippen LogP contribution in [0.3, 0.4) is 0 Å². The molecule has 0 saturated carbocycles. The minimum atomic E-state index is 0.291. The molecule has 1 aromatic carbocycles. The van der Waals surface area contributed by atoms with Crippen molar-refractivity contribution >= 4 is 5.96 Å². The molecule has 1 saturated heterocycles. The third-order valence-electron chi connectivity index (χ3n) is 5.86. The van der Waals surface area contributed by atoms with Crippen molar-refractivity contribution in [2.24, 2.45) is 10.9 Å². The van der Waals surface area contributed by atoms with Gasteiger partial charge in [0.25, 0.3) is 0 Å². The number of hydrogen-bond donors (Lipinski definition) is 1. The lowest BCUT2D eigenvalue weighted by atomic mass is 9.82. The summed E-state index contributed by atoms with van der Waals surface area (Å²) < 4.78 is 5.33. The van der Waals surface area contributed by atoms with Gasteiger partial charge in [-0.25, -0.2) is 0 Å². The number of aryl methyl sites for hydroxylation is 2. The Bertz CT molecular complexity index is 764. The van der Waals surface area contributed by atoms with E-state index in [9.17, 15) is 0 Å². The fourth-order valence-electron chi connectivity index (χ4n) is 4.47. The Balaban J connectivity index is 1.68. The molecule has 3 rings (SSSR count). The van der Waals surface area contributed by atoms with Crippen molar-refractivity contribution in [1.29, 1.82) is 0 Å². The Hall–Kier alpha value is -2.30. The lowest BCUT2D eigenvalue weighted by Gasteiger charge is -2.39. The maximum Gasteiger partial charge on any atom is 0.193 e. The van der Waals surface area contributed by atoms with Gasteiger partial charge in [-0.3, -0.25) is 4.99 Å². The molecule has 1 N–H and O–H groups in total. The minimum Gasteiger partial charge on any atom is -0.361 e. The number of aromatic nitrogens is 1. The van der Waals surface area contributed by atoms with Crippen LogP contribution < -0.4 is 5.32 Å². The van der Waals surface area contributed by atoms with Crippen LogP contribution in [-0.4, -0.2) is 42.2 Å². The molecule has 1 aliphatic heterocycles. The maximum absolute atomic E-state index is 5.33. The second-order valence-corrected chi connectivity index (χ2v) is 8.06. The molecule has 152 valence electrons. The number of likely N-dealkylation sites (tertiary alicyclic amines) is 1. The summed E-state index contributed by atoms with van der Waals surface area (Å²) in [4.78, 5) is 7.39. The van der Waals surface area contributed by atoms with Crippen molar-refractivity contribution in [3.05, 3.63) is 52.9 Å². The molecule has 3 unspecified atom stereocenters. The second kappa shape index (κ2) is 9.26. The zero-order valence-corrected chi connectivity index (χ0v) is 17.9. The molecular weight excluding hydrogens is 348 g/mol. The molecule has 0 bridgehead atoms. The summed E-state index contributed by atoms with van der Waals surface area (Å²) in [6.07, 6.45) is 1.16. The summed E-state index contributed by atoms with van der Waals surface area (Å²) in [5, 5.41) is 7.58. The van der Waals surface area contributed by atoms with Gasteiger partial charge in [0.05, 0.1) is 5.69 Å². The maximum atomic E-state index is 5.33. The van der Waals surface area contributed by atoms with Gasteiger partial charge in [-0.1, -0.05) is 49.3 Å².